The van der Waals surface area contributed by atoms with Gasteiger partial charge in [0.2, 0.25) is 0 Å². The summed E-state index contributed by atoms with van der Waals surface area (Å²) >= 11 is 4.66. The summed E-state index contributed by atoms with van der Waals surface area (Å²) in [5.41, 5.74) is 1.06. The molecule has 0 amide bonds. The van der Waals surface area contributed by atoms with Crippen LogP contribution in [0.5, 0.6) is 11.5 Å². The minimum absolute atomic E-state index is 0.00962. The number of rotatable bonds is 2. The van der Waals surface area contributed by atoms with Crippen LogP contribution in [0.1, 0.15) is 19.4 Å². The van der Waals surface area contributed by atoms with Crippen molar-refractivity contribution >= 4 is 51.0 Å². The number of hydrogen-bond acceptors (Lipinski definition) is 3. The van der Waals surface area contributed by atoms with Gasteiger partial charge in [-0.05, 0) is 31.9 Å². The van der Waals surface area contributed by atoms with E-state index >= 15 is 0 Å². The number of carbonyl (C=O) groups is 1. The molecule has 0 N–H and O–H groups in total. The van der Waals surface area contributed by atoms with E-state index in [-0.39, 0.29) is 11.7 Å². The Kier molecular flexibility index (Phi) is 7.41. The zero-order valence-corrected chi connectivity index (χ0v) is 15.6. The molecule has 2 rings (SSSR count). The molecule has 5 heteroatoms. The average molecular weight is 488 g/mol. The number of ketones is 1. The largest absolute Gasteiger partial charge is 0.493 e. The SMILES string of the molecule is CC(I)I.COc1cccc2c1OCC(C(C)=O)C2. The lowest BCUT2D eigenvalue weighted by molar-refractivity contribution is -0.121. The number of para-hydroxylation sites is 1. The highest BCUT2D eigenvalue weighted by Crippen LogP contribution is 2.36. The van der Waals surface area contributed by atoms with Crippen molar-refractivity contribution in [3.05, 3.63) is 23.8 Å². The Bertz CT molecular complexity index is 430. The molecule has 0 saturated heterocycles. The predicted octanol–water partition coefficient (Wildman–Crippen LogP) is 4.04. The molecule has 1 heterocycles. The highest BCUT2D eigenvalue weighted by molar-refractivity contribution is 14.2. The van der Waals surface area contributed by atoms with Crippen LogP contribution in [0.3, 0.4) is 0 Å². The lowest BCUT2D eigenvalue weighted by atomic mass is 9.94. The van der Waals surface area contributed by atoms with E-state index in [4.69, 9.17) is 9.47 Å². The first-order chi connectivity index (χ1) is 8.95. The minimum atomic E-state index is -0.00962. The van der Waals surface area contributed by atoms with Crippen LogP contribution in [-0.4, -0.2) is 21.4 Å². The summed E-state index contributed by atoms with van der Waals surface area (Å²) in [5, 5.41) is 0. The van der Waals surface area contributed by atoms with E-state index in [1.807, 2.05) is 18.2 Å². The lowest BCUT2D eigenvalue weighted by Crippen LogP contribution is -2.26. The van der Waals surface area contributed by atoms with E-state index in [0.717, 1.165) is 25.4 Å². The first kappa shape index (κ1) is 17.0. The van der Waals surface area contributed by atoms with Gasteiger partial charge in [-0.15, -0.1) is 0 Å². The van der Waals surface area contributed by atoms with E-state index in [1.165, 1.54) is 0 Å². The summed E-state index contributed by atoms with van der Waals surface area (Å²) in [7, 11) is 1.62. The van der Waals surface area contributed by atoms with Gasteiger partial charge in [0.1, 0.15) is 5.78 Å². The summed E-state index contributed by atoms with van der Waals surface area (Å²) in [6.45, 7) is 4.21. The Morgan fingerprint density at radius 1 is 1.47 bits per heavy atom. The summed E-state index contributed by atoms with van der Waals surface area (Å²) in [6, 6.07) is 5.77. The van der Waals surface area contributed by atoms with Crippen LogP contribution in [0.2, 0.25) is 0 Å². The molecule has 0 spiro atoms. The second kappa shape index (κ2) is 8.28. The Hall–Kier alpha value is -0.0500. The Morgan fingerprint density at radius 2 is 2.11 bits per heavy atom. The molecule has 0 fully saturated rings. The molecule has 1 aromatic carbocycles. The van der Waals surface area contributed by atoms with Crippen LogP contribution >= 0.6 is 45.2 Å². The van der Waals surface area contributed by atoms with E-state index < -0.39 is 0 Å². The number of fused-ring (bicyclic) bond motifs is 1. The zero-order valence-electron chi connectivity index (χ0n) is 11.3. The first-order valence-corrected chi connectivity index (χ1v) is 8.52. The third-order valence-corrected chi connectivity index (χ3v) is 2.75. The van der Waals surface area contributed by atoms with Gasteiger partial charge in [-0.25, -0.2) is 0 Å². The van der Waals surface area contributed by atoms with Gasteiger partial charge < -0.3 is 9.47 Å². The van der Waals surface area contributed by atoms with E-state index in [1.54, 1.807) is 14.0 Å². The molecule has 0 aliphatic carbocycles. The van der Waals surface area contributed by atoms with Gasteiger partial charge >= 0.3 is 0 Å². The van der Waals surface area contributed by atoms with Gasteiger partial charge in [0.25, 0.3) is 0 Å². The lowest BCUT2D eigenvalue weighted by Gasteiger charge is -2.24. The fourth-order valence-electron chi connectivity index (χ4n) is 1.82. The number of benzene rings is 1. The molecule has 1 aliphatic heterocycles. The summed E-state index contributed by atoms with van der Waals surface area (Å²) < 4.78 is 11.5. The quantitative estimate of drug-likeness (QED) is 0.466. The summed E-state index contributed by atoms with van der Waals surface area (Å²) in [4.78, 5) is 11.3. The second-order valence-corrected chi connectivity index (χ2v) is 10.4. The van der Waals surface area contributed by atoms with Crippen LogP contribution in [0.4, 0.5) is 0 Å². The number of Topliss-reactive ketones (excluding diaryl/α,β-unsaturated/α-hetero) is 1. The Morgan fingerprint density at radius 3 is 2.63 bits per heavy atom. The van der Waals surface area contributed by atoms with Crippen LogP contribution in [0, 0.1) is 5.92 Å². The average Bonchev–Trinajstić information content (AvgIpc) is 2.36. The van der Waals surface area contributed by atoms with Crippen LogP contribution < -0.4 is 9.47 Å². The van der Waals surface area contributed by atoms with Crippen molar-refractivity contribution < 1.29 is 14.3 Å². The maximum absolute atomic E-state index is 11.3. The second-order valence-electron chi connectivity index (χ2n) is 4.29. The van der Waals surface area contributed by atoms with Crippen molar-refractivity contribution in [2.24, 2.45) is 5.92 Å². The molecule has 0 saturated carbocycles. The Balaban J connectivity index is 0.000000399. The fraction of sp³-hybridized carbons (Fsp3) is 0.500. The Labute approximate surface area is 141 Å². The third-order valence-electron chi connectivity index (χ3n) is 2.75. The third kappa shape index (κ3) is 5.45. The van der Waals surface area contributed by atoms with Crippen LogP contribution in [0.25, 0.3) is 0 Å². The molecule has 1 atom stereocenters. The molecule has 1 unspecified atom stereocenters. The molecule has 0 aromatic heterocycles. The number of halogens is 2. The van der Waals surface area contributed by atoms with Crippen molar-refractivity contribution in [3.8, 4) is 11.5 Å². The van der Waals surface area contributed by atoms with Gasteiger partial charge in [0.05, 0.1) is 21.6 Å². The number of ether oxygens (including phenoxy) is 2. The minimum Gasteiger partial charge on any atom is -0.493 e. The molecular weight excluding hydrogens is 470 g/mol. The molecule has 19 heavy (non-hydrogen) atoms. The predicted molar refractivity (Wildman–Crippen MR) is 93.9 cm³/mol. The molecule has 1 aliphatic rings. The fourth-order valence-corrected chi connectivity index (χ4v) is 1.82. The molecule has 3 nitrogen and oxygen atoms in total. The molecule has 0 radical (unpaired) electrons. The number of alkyl halides is 2. The maximum atomic E-state index is 11.3. The smallest absolute Gasteiger partial charge is 0.164 e. The topological polar surface area (TPSA) is 35.5 Å². The molecule has 0 bridgehead atoms. The summed E-state index contributed by atoms with van der Waals surface area (Å²) in [6.07, 6.45) is 0.752. The van der Waals surface area contributed by atoms with Crippen molar-refractivity contribution in [2.75, 3.05) is 13.7 Å². The number of methoxy groups -OCH3 is 1. The molecule has 106 valence electrons. The number of carbonyl (C=O) groups excluding carboxylic acids is 1. The standard InChI is InChI=1S/C12H14O3.C2H4I2/c1-8(13)10-6-9-4-3-5-11(14-2)12(9)15-7-10;1-2(3)4/h3-5,10H,6-7H2,1-2H3;2H,1H3. The van der Waals surface area contributed by atoms with Gasteiger partial charge in [-0.3, -0.25) is 4.79 Å². The van der Waals surface area contributed by atoms with Crippen molar-refractivity contribution in [1.82, 2.24) is 0 Å². The van der Waals surface area contributed by atoms with Crippen LogP contribution in [-0.2, 0) is 11.2 Å². The van der Waals surface area contributed by atoms with E-state index in [2.05, 4.69) is 52.1 Å². The van der Waals surface area contributed by atoms with Crippen molar-refractivity contribution in [1.29, 1.82) is 0 Å². The van der Waals surface area contributed by atoms with E-state index in [9.17, 15) is 4.79 Å². The highest BCUT2D eigenvalue weighted by Gasteiger charge is 2.25. The van der Waals surface area contributed by atoms with Gasteiger partial charge in [-0.2, -0.15) is 0 Å². The summed E-state index contributed by atoms with van der Waals surface area (Å²) in [5.74, 6) is 1.71. The monoisotopic (exact) mass is 488 g/mol. The maximum Gasteiger partial charge on any atom is 0.164 e. The molecular formula is C14H18I2O3. The van der Waals surface area contributed by atoms with Gasteiger partial charge in [0.15, 0.2) is 11.5 Å². The normalized spacial score (nSPS) is 16.8. The van der Waals surface area contributed by atoms with Crippen molar-refractivity contribution in [3.63, 3.8) is 0 Å². The van der Waals surface area contributed by atoms with Gasteiger partial charge in [-0.1, -0.05) is 57.3 Å². The number of hydrogen-bond donors (Lipinski definition) is 0. The van der Waals surface area contributed by atoms with Gasteiger partial charge in [0, 0.05) is 0 Å². The first-order valence-electron chi connectivity index (χ1n) is 6.03. The molecule has 1 aromatic rings. The van der Waals surface area contributed by atoms with E-state index in [0.29, 0.717) is 6.61 Å². The van der Waals surface area contributed by atoms with Crippen LogP contribution in [0.15, 0.2) is 18.2 Å². The van der Waals surface area contributed by atoms with Crippen molar-refractivity contribution in [2.45, 2.75) is 22.2 Å². The zero-order chi connectivity index (χ0) is 14.4. The highest BCUT2D eigenvalue weighted by atomic mass is 127.